The normalized spacial score (nSPS) is 19.8. The molecule has 3 nitrogen and oxygen atoms in total. The van der Waals surface area contributed by atoms with Crippen molar-refractivity contribution >= 4 is 17.7 Å². The van der Waals surface area contributed by atoms with E-state index in [0.717, 1.165) is 38.1 Å². The molecule has 0 spiro atoms. The number of hydrogen-bond acceptors (Lipinski definition) is 4. The van der Waals surface area contributed by atoms with Crippen LogP contribution in [-0.2, 0) is 9.53 Å². The standard InChI is InChI=1S/C15H20FNO2S/c1-19-15(18)13-7-4-5-9-17(13)10-11-20-14-8-3-2-6-12(14)16/h2-3,6,8,13H,4-5,7,9-11H2,1H3. The molecule has 0 bridgehead atoms. The van der Waals surface area contributed by atoms with Gasteiger partial charge in [-0.3, -0.25) is 9.69 Å². The van der Waals surface area contributed by atoms with Crippen LogP contribution in [0.4, 0.5) is 4.39 Å². The molecular weight excluding hydrogens is 277 g/mol. The van der Waals surface area contributed by atoms with Gasteiger partial charge in [-0.25, -0.2) is 4.39 Å². The number of halogens is 1. The summed E-state index contributed by atoms with van der Waals surface area (Å²) in [7, 11) is 1.43. The van der Waals surface area contributed by atoms with Crippen molar-refractivity contribution in [2.24, 2.45) is 0 Å². The van der Waals surface area contributed by atoms with Gasteiger partial charge in [-0.2, -0.15) is 0 Å². The predicted molar refractivity (Wildman–Crippen MR) is 78.4 cm³/mol. The Labute approximate surface area is 123 Å². The minimum atomic E-state index is -0.180. The molecule has 1 aromatic carbocycles. The number of benzene rings is 1. The van der Waals surface area contributed by atoms with Crippen molar-refractivity contribution in [3.05, 3.63) is 30.1 Å². The lowest BCUT2D eigenvalue weighted by molar-refractivity contribution is -0.148. The maximum atomic E-state index is 13.5. The van der Waals surface area contributed by atoms with Crippen molar-refractivity contribution in [1.82, 2.24) is 4.90 Å². The summed E-state index contributed by atoms with van der Waals surface area (Å²) in [5.41, 5.74) is 0. The van der Waals surface area contributed by atoms with Gasteiger partial charge in [-0.1, -0.05) is 18.6 Å². The first-order valence-electron chi connectivity index (χ1n) is 6.91. The number of carbonyl (C=O) groups is 1. The number of piperidine rings is 1. The first-order valence-corrected chi connectivity index (χ1v) is 7.90. The van der Waals surface area contributed by atoms with Crippen molar-refractivity contribution in [2.45, 2.75) is 30.2 Å². The lowest BCUT2D eigenvalue weighted by atomic mass is 10.0. The van der Waals surface area contributed by atoms with Crippen LogP contribution >= 0.6 is 11.8 Å². The van der Waals surface area contributed by atoms with Crippen molar-refractivity contribution in [3.8, 4) is 0 Å². The summed E-state index contributed by atoms with van der Waals surface area (Å²) in [5.74, 6) is 0.440. The van der Waals surface area contributed by atoms with E-state index in [1.54, 1.807) is 12.1 Å². The van der Waals surface area contributed by atoms with Gasteiger partial charge in [0.15, 0.2) is 0 Å². The SMILES string of the molecule is COC(=O)C1CCCCN1CCSc1ccccc1F. The smallest absolute Gasteiger partial charge is 0.323 e. The maximum absolute atomic E-state index is 13.5. The van der Waals surface area contributed by atoms with Crippen LogP contribution in [0.25, 0.3) is 0 Å². The Kier molecular flexibility index (Phi) is 5.86. The molecule has 5 heteroatoms. The zero-order valence-corrected chi connectivity index (χ0v) is 12.5. The van der Waals surface area contributed by atoms with E-state index in [0.29, 0.717) is 4.90 Å². The Morgan fingerprint density at radius 3 is 3.00 bits per heavy atom. The Bertz CT molecular complexity index is 455. The monoisotopic (exact) mass is 297 g/mol. The van der Waals surface area contributed by atoms with Gasteiger partial charge in [-0.15, -0.1) is 11.8 Å². The quantitative estimate of drug-likeness (QED) is 0.617. The highest BCUT2D eigenvalue weighted by Crippen LogP contribution is 2.23. The van der Waals surface area contributed by atoms with Crippen molar-refractivity contribution in [2.75, 3.05) is 26.0 Å². The van der Waals surface area contributed by atoms with Crippen LogP contribution in [0.15, 0.2) is 29.2 Å². The van der Waals surface area contributed by atoms with Gasteiger partial charge < -0.3 is 4.74 Å². The molecule has 1 fully saturated rings. The third-order valence-electron chi connectivity index (χ3n) is 3.56. The molecule has 1 saturated heterocycles. The highest BCUT2D eigenvalue weighted by atomic mass is 32.2. The third kappa shape index (κ3) is 3.96. The van der Waals surface area contributed by atoms with E-state index >= 15 is 0 Å². The lowest BCUT2D eigenvalue weighted by Gasteiger charge is -2.33. The van der Waals surface area contributed by atoms with Crippen LogP contribution < -0.4 is 0 Å². The van der Waals surface area contributed by atoms with E-state index in [2.05, 4.69) is 4.90 Å². The summed E-state index contributed by atoms with van der Waals surface area (Å²) in [6.07, 6.45) is 3.03. The van der Waals surface area contributed by atoms with Gasteiger partial charge in [0, 0.05) is 17.2 Å². The highest BCUT2D eigenvalue weighted by Gasteiger charge is 2.28. The molecule has 2 rings (SSSR count). The number of nitrogens with zero attached hydrogens (tertiary/aromatic N) is 1. The van der Waals surface area contributed by atoms with Crippen LogP contribution in [0, 0.1) is 5.82 Å². The number of thioether (sulfide) groups is 1. The molecule has 1 heterocycles. The van der Waals surface area contributed by atoms with Gasteiger partial charge in [0.25, 0.3) is 0 Å². The van der Waals surface area contributed by atoms with Crippen molar-refractivity contribution in [1.29, 1.82) is 0 Å². The van der Waals surface area contributed by atoms with E-state index in [9.17, 15) is 9.18 Å². The second-order valence-electron chi connectivity index (χ2n) is 4.85. The summed E-state index contributed by atoms with van der Waals surface area (Å²) in [4.78, 5) is 14.6. The van der Waals surface area contributed by atoms with E-state index < -0.39 is 0 Å². The number of rotatable bonds is 5. The van der Waals surface area contributed by atoms with Gasteiger partial charge >= 0.3 is 5.97 Å². The summed E-state index contributed by atoms with van der Waals surface area (Å²) in [5, 5.41) is 0. The molecule has 1 aromatic rings. The Balaban J connectivity index is 1.85. The van der Waals surface area contributed by atoms with Gasteiger partial charge in [-0.05, 0) is 31.5 Å². The minimum Gasteiger partial charge on any atom is -0.468 e. The van der Waals surface area contributed by atoms with Crippen LogP contribution in [-0.4, -0.2) is 42.9 Å². The molecule has 1 unspecified atom stereocenters. The van der Waals surface area contributed by atoms with Gasteiger partial charge in [0.1, 0.15) is 11.9 Å². The minimum absolute atomic E-state index is 0.130. The average molecular weight is 297 g/mol. The van der Waals surface area contributed by atoms with Crippen LogP contribution in [0.2, 0.25) is 0 Å². The number of hydrogen-bond donors (Lipinski definition) is 0. The molecule has 1 aliphatic heterocycles. The van der Waals surface area contributed by atoms with Crippen LogP contribution in [0.5, 0.6) is 0 Å². The number of carbonyl (C=O) groups excluding carboxylic acids is 1. The average Bonchev–Trinajstić information content (AvgIpc) is 2.49. The molecule has 110 valence electrons. The fourth-order valence-electron chi connectivity index (χ4n) is 2.50. The molecular formula is C15H20FNO2S. The molecule has 0 aromatic heterocycles. The number of esters is 1. The first-order chi connectivity index (χ1) is 9.72. The fraction of sp³-hybridized carbons (Fsp3) is 0.533. The molecule has 0 radical (unpaired) electrons. The predicted octanol–water partition coefficient (Wildman–Crippen LogP) is 2.95. The van der Waals surface area contributed by atoms with Gasteiger partial charge in [0.05, 0.1) is 7.11 Å². The van der Waals surface area contributed by atoms with Crippen molar-refractivity contribution in [3.63, 3.8) is 0 Å². The number of ether oxygens (including phenoxy) is 1. The van der Waals surface area contributed by atoms with E-state index in [1.165, 1.54) is 24.9 Å². The summed E-state index contributed by atoms with van der Waals surface area (Å²) >= 11 is 1.49. The molecule has 0 N–H and O–H groups in total. The van der Waals surface area contributed by atoms with E-state index in [1.807, 2.05) is 6.07 Å². The largest absolute Gasteiger partial charge is 0.468 e. The third-order valence-corrected chi connectivity index (χ3v) is 4.59. The lowest BCUT2D eigenvalue weighted by Crippen LogP contribution is -2.46. The molecule has 1 aliphatic rings. The number of likely N-dealkylation sites (tertiary alicyclic amines) is 1. The highest BCUT2D eigenvalue weighted by molar-refractivity contribution is 7.99. The zero-order chi connectivity index (χ0) is 14.4. The second-order valence-corrected chi connectivity index (χ2v) is 5.99. The Morgan fingerprint density at radius 2 is 2.25 bits per heavy atom. The zero-order valence-electron chi connectivity index (χ0n) is 11.7. The Hall–Kier alpha value is -1.07. The molecule has 0 amide bonds. The number of methoxy groups -OCH3 is 1. The van der Waals surface area contributed by atoms with E-state index in [4.69, 9.17) is 4.74 Å². The molecule has 1 atom stereocenters. The molecule has 20 heavy (non-hydrogen) atoms. The van der Waals surface area contributed by atoms with Crippen LogP contribution in [0.3, 0.4) is 0 Å². The van der Waals surface area contributed by atoms with Crippen LogP contribution in [0.1, 0.15) is 19.3 Å². The van der Waals surface area contributed by atoms with E-state index in [-0.39, 0.29) is 17.8 Å². The summed E-state index contributed by atoms with van der Waals surface area (Å²) in [6.45, 7) is 1.69. The van der Waals surface area contributed by atoms with Gasteiger partial charge in [0.2, 0.25) is 0 Å². The molecule has 0 saturated carbocycles. The summed E-state index contributed by atoms with van der Waals surface area (Å²) < 4.78 is 18.4. The Morgan fingerprint density at radius 1 is 1.45 bits per heavy atom. The molecule has 0 aliphatic carbocycles. The topological polar surface area (TPSA) is 29.5 Å². The second kappa shape index (κ2) is 7.64. The summed E-state index contributed by atoms with van der Waals surface area (Å²) in [6, 6.07) is 6.66. The van der Waals surface area contributed by atoms with Crippen molar-refractivity contribution < 1.29 is 13.9 Å². The first kappa shape index (κ1) is 15.3. The fourth-order valence-corrected chi connectivity index (χ4v) is 3.42. The maximum Gasteiger partial charge on any atom is 0.323 e.